The summed E-state index contributed by atoms with van der Waals surface area (Å²) in [5.74, 6) is 1.86. The molecule has 9 rings (SSSR count). The Labute approximate surface area is 259 Å². The molecule has 0 spiro atoms. The van der Waals surface area contributed by atoms with Crippen molar-refractivity contribution in [3.63, 3.8) is 0 Å². The van der Waals surface area contributed by atoms with Crippen LogP contribution >= 0.6 is 0 Å². The van der Waals surface area contributed by atoms with E-state index in [4.69, 9.17) is 15.0 Å². The highest BCUT2D eigenvalue weighted by molar-refractivity contribution is 6.09. The van der Waals surface area contributed by atoms with E-state index in [-0.39, 0.29) is 0 Å². The maximum atomic E-state index is 5.14. The van der Waals surface area contributed by atoms with Crippen molar-refractivity contribution < 1.29 is 0 Å². The highest BCUT2D eigenvalue weighted by Crippen LogP contribution is 2.36. The Morgan fingerprint density at radius 2 is 1.18 bits per heavy atom. The van der Waals surface area contributed by atoms with Gasteiger partial charge in [0, 0.05) is 47.9 Å². The van der Waals surface area contributed by atoms with Crippen LogP contribution in [0.5, 0.6) is 0 Å². The van der Waals surface area contributed by atoms with E-state index in [1.54, 1.807) is 0 Å². The van der Waals surface area contributed by atoms with E-state index < -0.39 is 0 Å². The highest BCUT2D eigenvalue weighted by atomic mass is 15.1. The SMILES string of the molecule is Cn1c(-c2cccc(-n3c4cc(-c5nc6cc(-c7ccccc7)ccc6n5C)ccc4c4cccnc43)c2)nc2ccccc21. The van der Waals surface area contributed by atoms with Gasteiger partial charge in [-0.1, -0.05) is 72.8 Å². The van der Waals surface area contributed by atoms with Gasteiger partial charge in [-0.15, -0.1) is 0 Å². The first-order chi connectivity index (χ1) is 22.1. The van der Waals surface area contributed by atoms with E-state index in [2.05, 4.69) is 137 Å². The summed E-state index contributed by atoms with van der Waals surface area (Å²) in [6.45, 7) is 0. The molecule has 0 saturated carbocycles. The van der Waals surface area contributed by atoms with Crippen LogP contribution in [0, 0.1) is 0 Å². The van der Waals surface area contributed by atoms with Gasteiger partial charge in [-0.2, -0.15) is 0 Å². The fraction of sp³-hybridized carbons (Fsp3) is 0.0513. The quantitative estimate of drug-likeness (QED) is 0.209. The highest BCUT2D eigenvalue weighted by Gasteiger charge is 2.18. The van der Waals surface area contributed by atoms with Crippen LogP contribution in [0.1, 0.15) is 0 Å². The van der Waals surface area contributed by atoms with Crippen LogP contribution < -0.4 is 0 Å². The molecule has 4 heterocycles. The number of fused-ring (bicyclic) bond motifs is 5. The first-order valence-corrected chi connectivity index (χ1v) is 15.1. The van der Waals surface area contributed by atoms with Gasteiger partial charge in [-0.05, 0) is 65.7 Å². The van der Waals surface area contributed by atoms with Gasteiger partial charge in [0.25, 0.3) is 0 Å². The van der Waals surface area contributed by atoms with Crippen molar-refractivity contribution in [2.75, 3.05) is 0 Å². The molecule has 6 heteroatoms. The van der Waals surface area contributed by atoms with Crippen molar-refractivity contribution in [3.05, 3.63) is 134 Å². The Balaban J connectivity index is 1.22. The van der Waals surface area contributed by atoms with E-state index in [0.29, 0.717) is 0 Å². The summed E-state index contributed by atoms with van der Waals surface area (Å²) < 4.78 is 6.60. The molecule has 0 N–H and O–H groups in total. The number of pyridine rings is 1. The Morgan fingerprint density at radius 1 is 0.467 bits per heavy atom. The first-order valence-electron chi connectivity index (χ1n) is 15.1. The van der Waals surface area contributed by atoms with Crippen molar-refractivity contribution in [2.45, 2.75) is 0 Å². The molecule has 5 aromatic carbocycles. The number of hydrogen-bond acceptors (Lipinski definition) is 3. The van der Waals surface area contributed by atoms with Crippen LogP contribution in [0.2, 0.25) is 0 Å². The lowest BCUT2D eigenvalue weighted by Crippen LogP contribution is -1.98. The average Bonchev–Trinajstić information content (AvgIpc) is 3.73. The lowest BCUT2D eigenvalue weighted by Gasteiger charge is -2.10. The number of aromatic nitrogens is 6. The Morgan fingerprint density at radius 3 is 2.02 bits per heavy atom. The van der Waals surface area contributed by atoms with Crippen LogP contribution in [-0.4, -0.2) is 28.7 Å². The molecule has 0 unspecified atom stereocenters. The molecule has 9 aromatic rings. The standard InChI is InChI=1S/C39H28N6/c1-43-34-16-7-6-15-32(34)41-37(43)27-12-8-13-29(22-27)45-36-24-28(17-19-30(36)31-14-9-21-40-39(31)45)38-42-33-23-26(18-20-35(33)44(38)2)25-10-4-3-5-11-25/h3-24H,1-2H3. The molecule has 0 amide bonds. The van der Waals surface area contributed by atoms with E-state index in [9.17, 15) is 0 Å². The molecule has 0 aliphatic carbocycles. The van der Waals surface area contributed by atoms with Gasteiger partial charge in [-0.25, -0.2) is 15.0 Å². The summed E-state index contributed by atoms with van der Waals surface area (Å²) in [6.07, 6.45) is 1.86. The van der Waals surface area contributed by atoms with Crippen molar-refractivity contribution in [3.8, 4) is 39.6 Å². The Bertz CT molecular complexity index is 2570. The summed E-state index contributed by atoms with van der Waals surface area (Å²) in [6, 6.07) is 44.6. The van der Waals surface area contributed by atoms with Crippen LogP contribution in [0.15, 0.2) is 134 Å². The van der Waals surface area contributed by atoms with Gasteiger partial charge in [0.1, 0.15) is 17.3 Å². The summed E-state index contributed by atoms with van der Waals surface area (Å²) in [5.41, 5.74) is 11.7. The third-order valence-electron chi connectivity index (χ3n) is 8.92. The van der Waals surface area contributed by atoms with Crippen molar-refractivity contribution in [2.24, 2.45) is 14.1 Å². The second-order valence-electron chi connectivity index (χ2n) is 11.5. The number of nitrogens with zero attached hydrogens (tertiary/aromatic N) is 6. The lowest BCUT2D eigenvalue weighted by atomic mass is 10.1. The monoisotopic (exact) mass is 580 g/mol. The van der Waals surface area contributed by atoms with E-state index >= 15 is 0 Å². The van der Waals surface area contributed by atoms with Gasteiger partial charge in [-0.3, -0.25) is 4.57 Å². The molecular formula is C39H28N6. The number of rotatable bonds is 4. The Kier molecular flexibility index (Phi) is 5.53. The topological polar surface area (TPSA) is 53.5 Å². The smallest absolute Gasteiger partial charge is 0.145 e. The number of para-hydroxylation sites is 2. The minimum absolute atomic E-state index is 0.921. The molecule has 0 bridgehead atoms. The molecular weight excluding hydrogens is 552 g/mol. The maximum absolute atomic E-state index is 5.14. The van der Waals surface area contributed by atoms with E-state index in [0.717, 1.165) is 78.0 Å². The molecule has 214 valence electrons. The van der Waals surface area contributed by atoms with Crippen LogP contribution in [0.3, 0.4) is 0 Å². The first kappa shape index (κ1) is 25.5. The third-order valence-corrected chi connectivity index (χ3v) is 8.92. The minimum Gasteiger partial charge on any atom is -0.327 e. The fourth-order valence-electron chi connectivity index (χ4n) is 6.70. The second kappa shape index (κ2) is 9.76. The molecule has 0 aliphatic heterocycles. The zero-order chi connectivity index (χ0) is 30.1. The van der Waals surface area contributed by atoms with Crippen molar-refractivity contribution in [1.82, 2.24) is 28.7 Å². The third kappa shape index (κ3) is 3.92. The van der Waals surface area contributed by atoms with E-state index in [1.807, 2.05) is 24.4 Å². The molecule has 45 heavy (non-hydrogen) atoms. The van der Waals surface area contributed by atoms with Gasteiger partial charge in [0.15, 0.2) is 0 Å². The van der Waals surface area contributed by atoms with Crippen LogP contribution in [0.4, 0.5) is 0 Å². The lowest BCUT2D eigenvalue weighted by molar-refractivity contribution is 0.958. The summed E-state index contributed by atoms with van der Waals surface area (Å²) in [4.78, 5) is 15.0. The van der Waals surface area contributed by atoms with Crippen LogP contribution in [0.25, 0.3) is 83.6 Å². The zero-order valence-corrected chi connectivity index (χ0v) is 24.9. The fourth-order valence-corrected chi connectivity index (χ4v) is 6.70. The maximum Gasteiger partial charge on any atom is 0.145 e. The summed E-state index contributed by atoms with van der Waals surface area (Å²) in [5, 5.41) is 2.27. The zero-order valence-electron chi connectivity index (χ0n) is 24.9. The average molecular weight is 581 g/mol. The largest absolute Gasteiger partial charge is 0.327 e. The molecule has 4 aromatic heterocycles. The number of benzene rings is 5. The predicted molar refractivity (Wildman–Crippen MR) is 183 cm³/mol. The van der Waals surface area contributed by atoms with Crippen LogP contribution in [-0.2, 0) is 14.1 Å². The van der Waals surface area contributed by atoms with Gasteiger partial charge in [0.05, 0.1) is 27.6 Å². The number of imidazole rings is 2. The van der Waals surface area contributed by atoms with Gasteiger partial charge < -0.3 is 9.13 Å². The predicted octanol–water partition coefficient (Wildman–Crippen LogP) is 8.95. The molecule has 0 aliphatic rings. The molecule has 6 nitrogen and oxygen atoms in total. The summed E-state index contributed by atoms with van der Waals surface area (Å²) in [7, 11) is 4.17. The molecule has 0 atom stereocenters. The normalized spacial score (nSPS) is 11.8. The van der Waals surface area contributed by atoms with E-state index in [1.165, 1.54) is 5.56 Å². The molecule has 0 radical (unpaired) electrons. The summed E-state index contributed by atoms with van der Waals surface area (Å²) >= 11 is 0. The molecule has 0 fully saturated rings. The van der Waals surface area contributed by atoms with Gasteiger partial charge in [0.2, 0.25) is 0 Å². The number of hydrogen-bond donors (Lipinski definition) is 0. The second-order valence-corrected chi connectivity index (χ2v) is 11.5. The number of aryl methyl sites for hydroxylation is 2. The minimum atomic E-state index is 0.921. The van der Waals surface area contributed by atoms with Crippen molar-refractivity contribution >= 4 is 44.0 Å². The molecule has 0 saturated heterocycles. The van der Waals surface area contributed by atoms with Crippen molar-refractivity contribution in [1.29, 1.82) is 0 Å². The Hall–Kier alpha value is -6.01. The van der Waals surface area contributed by atoms with Gasteiger partial charge >= 0.3 is 0 Å².